The maximum absolute atomic E-state index is 12.3. The van der Waals surface area contributed by atoms with Gasteiger partial charge in [-0.3, -0.25) is 0 Å². The van der Waals surface area contributed by atoms with E-state index in [4.69, 9.17) is 10.00 Å². The quantitative estimate of drug-likeness (QED) is 0.919. The molecule has 114 valence electrons. The Balaban J connectivity index is 2.17. The van der Waals surface area contributed by atoms with Crippen molar-refractivity contribution in [3.63, 3.8) is 0 Å². The molecule has 0 aromatic heterocycles. The van der Waals surface area contributed by atoms with Crippen molar-refractivity contribution in [1.29, 1.82) is 5.26 Å². The molecule has 1 unspecified atom stereocenters. The van der Waals surface area contributed by atoms with E-state index in [1.807, 2.05) is 18.2 Å². The van der Waals surface area contributed by atoms with Crippen molar-refractivity contribution in [2.75, 3.05) is 7.11 Å². The summed E-state index contributed by atoms with van der Waals surface area (Å²) >= 11 is 0. The van der Waals surface area contributed by atoms with Gasteiger partial charge in [0.25, 0.3) is 0 Å². The highest BCUT2D eigenvalue weighted by Crippen LogP contribution is 2.20. The van der Waals surface area contributed by atoms with Gasteiger partial charge < -0.3 is 4.74 Å². The van der Waals surface area contributed by atoms with E-state index in [0.717, 1.165) is 5.56 Å². The van der Waals surface area contributed by atoms with Gasteiger partial charge in [-0.05, 0) is 48.9 Å². The molecule has 0 fully saturated rings. The Morgan fingerprint density at radius 3 is 2.18 bits per heavy atom. The Morgan fingerprint density at radius 1 is 1.09 bits per heavy atom. The second-order valence-corrected chi connectivity index (χ2v) is 6.47. The Labute approximate surface area is 130 Å². The van der Waals surface area contributed by atoms with Gasteiger partial charge in [0.1, 0.15) is 5.75 Å². The van der Waals surface area contributed by atoms with Gasteiger partial charge >= 0.3 is 0 Å². The first-order chi connectivity index (χ1) is 10.5. The van der Waals surface area contributed by atoms with E-state index >= 15 is 0 Å². The second kappa shape index (κ2) is 6.60. The minimum absolute atomic E-state index is 0.131. The number of hydrogen-bond donors (Lipinski definition) is 1. The molecule has 0 amide bonds. The van der Waals surface area contributed by atoms with Crippen LogP contribution in [-0.4, -0.2) is 15.5 Å². The largest absolute Gasteiger partial charge is 0.497 e. The third kappa shape index (κ3) is 3.64. The van der Waals surface area contributed by atoms with Gasteiger partial charge in [0, 0.05) is 6.04 Å². The van der Waals surface area contributed by atoms with E-state index < -0.39 is 10.0 Å². The Morgan fingerprint density at radius 2 is 1.68 bits per heavy atom. The summed E-state index contributed by atoms with van der Waals surface area (Å²) in [5.74, 6) is 0.714. The number of ether oxygens (including phenoxy) is 1. The van der Waals surface area contributed by atoms with E-state index in [1.165, 1.54) is 24.3 Å². The lowest BCUT2D eigenvalue weighted by Crippen LogP contribution is -2.26. The molecule has 0 saturated carbocycles. The number of nitriles is 1. The first-order valence-corrected chi connectivity index (χ1v) is 8.11. The van der Waals surface area contributed by atoms with Crippen molar-refractivity contribution >= 4 is 10.0 Å². The summed E-state index contributed by atoms with van der Waals surface area (Å²) in [5, 5.41) is 8.74. The smallest absolute Gasteiger partial charge is 0.241 e. The maximum atomic E-state index is 12.3. The van der Waals surface area contributed by atoms with Crippen LogP contribution in [0.15, 0.2) is 53.4 Å². The van der Waals surface area contributed by atoms with Crippen LogP contribution in [0.5, 0.6) is 5.75 Å². The van der Waals surface area contributed by atoms with Crippen LogP contribution in [0.2, 0.25) is 0 Å². The minimum Gasteiger partial charge on any atom is -0.497 e. The first-order valence-electron chi connectivity index (χ1n) is 6.62. The molecule has 0 saturated heterocycles. The minimum atomic E-state index is -3.64. The molecule has 0 spiro atoms. The summed E-state index contributed by atoms with van der Waals surface area (Å²) < 4.78 is 32.3. The molecule has 0 heterocycles. The molecule has 0 aliphatic heterocycles. The highest BCUT2D eigenvalue weighted by Gasteiger charge is 2.18. The van der Waals surface area contributed by atoms with Crippen molar-refractivity contribution in [2.45, 2.75) is 17.9 Å². The molecule has 0 aliphatic rings. The standard InChI is InChI=1S/C16H16N2O3S/c1-12(14-5-7-15(21-2)8-6-14)18-22(19,20)16-9-3-13(11-17)4-10-16/h3-10,12,18H,1-2H3. The number of rotatable bonds is 5. The van der Waals surface area contributed by atoms with Crippen molar-refractivity contribution in [1.82, 2.24) is 4.72 Å². The SMILES string of the molecule is COc1ccc(C(C)NS(=O)(=O)c2ccc(C#N)cc2)cc1. The molecule has 1 N–H and O–H groups in total. The fourth-order valence-electron chi connectivity index (χ4n) is 1.97. The third-order valence-electron chi connectivity index (χ3n) is 3.24. The van der Waals surface area contributed by atoms with Crippen LogP contribution in [0.4, 0.5) is 0 Å². The number of sulfonamides is 1. The normalized spacial score (nSPS) is 12.4. The molecule has 2 rings (SSSR count). The van der Waals surface area contributed by atoms with E-state index in [1.54, 1.807) is 26.2 Å². The summed E-state index contributed by atoms with van der Waals surface area (Å²) in [5.41, 5.74) is 1.25. The topological polar surface area (TPSA) is 79.2 Å². The molecule has 2 aromatic carbocycles. The fourth-order valence-corrected chi connectivity index (χ4v) is 3.20. The van der Waals surface area contributed by atoms with Gasteiger partial charge in [-0.25, -0.2) is 13.1 Å². The van der Waals surface area contributed by atoms with E-state index in [9.17, 15) is 8.42 Å². The van der Waals surface area contributed by atoms with Crippen LogP contribution in [0.3, 0.4) is 0 Å². The molecule has 0 bridgehead atoms. The molecule has 22 heavy (non-hydrogen) atoms. The monoisotopic (exact) mass is 316 g/mol. The van der Waals surface area contributed by atoms with E-state index in [2.05, 4.69) is 4.72 Å². The molecule has 2 aromatic rings. The molecular weight excluding hydrogens is 300 g/mol. The number of benzene rings is 2. The fraction of sp³-hybridized carbons (Fsp3) is 0.188. The third-order valence-corrected chi connectivity index (χ3v) is 4.80. The van der Waals surface area contributed by atoms with Crippen LogP contribution in [-0.2, 0) is 10.0 Å². The lowest BCUT2D eigenvalue weighted by Gasteiger charge is -2.15. The number of nitrogens with one attached hydrogen (secondary N) is 1. The van der Waals surface area contributed by atoms with Crippen LogP contribution in [0, 0.1) is 11.3 Å². The van der Waals surface area contributed by atoms with Gasteiger partial charge in [-0.15, -0.1) is 0 Å². The average molecular weight is 316 g/mol. The van der Waals surface area contributed by atoms with Crippen molar-refractivity contribution < 1.29 is 13.2 Å². The van der Waals surface area contributed by atoms with Crippen LogP contribution in [0.1, 0.15) is 24.1 Å². The zero-order valence-electron chi connectivity index (χ0n) is 12.3. The summed E-state index contributed by atoms with van der Waals surface area (Å²) in [6.45, 7) is 1.77. The Kier molecular flexibility index (Phi) is 4.81. The lowest BCUT2D eigenvalue weighted by molar-refractivity contribution is 0.414. The Hall–Kier alpha value is -2.36. The van der Waals surface area contributed by atoms with Gasteiger partial charge in [0.05, 0.1) is 23.6 Å². The molecule has 0 aliphatic carbocycles. The maximum Gasteiger partial charge on any atom is 0.241 e. The number of hydrogen-bond acceptors (Lipinski definition) is 4. The average Bonchev–Trinajstić information content (AvgIpc) is 2.54. The van der Waals surface area contributed by atoms with Crippen molar-refractivity contribution in [2.24, 2.45) is 0 Å². The number of methoxy groups -OCH3 is 1. The summed E-state index contributed by atoms with van der Waals surface area (Å²) in [7, 11) is -2.06. The van der Waals surface area contributed by atoms with Gasteiger partial charge in [0.2, 0.25) is 10.0 Å². The molecule has 6 heteroatoms. The number of nitrogens with zero attached hydrogens (tertiary/aromatic N) is 1. The predicted octanol–water partition coefficient (Wildman–Crippen LogP) is 2.61. The van der Waals surface area contributed by atoms with Crippen LogP contribution >= 0.6 is 0 Å². The lowest BCUT2D eigenvalue weighted by atomic mass is 10.1. The first kappa shape index (κ1) is 16.0. The van der Waals surface area contributed by atoms with Crippen molar-refractivity contribution in [3.8, 4) is 11.8 Å². The molecule has 5 nitrogen and oxygen atoms in total. The molecular formula is C16H16N2O3S. The van der Waals surface area contributed by atoms with Gasteiger partial charge in [-0.2, -0.15) is 5.26 Å². The van der Waals surface area contributed by atoms with Crippen molar-refractivity contribution in [3.05, 3.63) is 59.7 Å². The molecule has 1 atom stereocenters. The van der Waals surface area contributed by atoms with Crippen LogP contribution < -0.4 is 9.46 Å². The second-order valence-electron chi connectivity index (χ2n) is 4.75. The zero-order valence-corrected chi connectivity index (χ0v) is 13.1. The predicted molar refractivity (Wildman–Crippen MR) is 82.9 cm³/mol. The molecule has 0 radical (unpaired) electrons. The highest BCUT2D eigenvalue weighted by atomic mass is 32.2. The summed E-state index contributed by atoms with van der Waals surface area (Å²) in [6, 6.07) is 14.5. The van der Waals surface area contributed by atoms with Gasteiger partial charge in [0.15, 0.2) is 0 Å². The van der Waals surface area contributed by atoms with Gasteiger partial charge in [-0.1, -0.05) is 12.1 Å². The highest BCUT2D eigenvalue weighted by molar-refractivity contribution is 7.89. The van der Waals surface area contributed by atoms with Crippen LogP contribution in [0.25, 0.3) is 0 Å². The van der Waals surface area contributed by atoms with E-state index in [0.29, 0.717) is 11.3 Å². The van der Waals surface area contributed by atoms with E-state index in [-0.39, 0.29) is 10.9 Å². The zero-order chi connectivity index (χ0) is 16.2. The summed E-state index contributed by atoms with van der Waals surface area (Å²) in [6.07, 6.45) is 0. The summed E-state index contributed by atoms with van der Waals surface area (Å²) in [4.78, 5) is 0.131. The Bertz CT molecular complexity index is 776.